The minimum Gasteiger partial charge on any atom is -0.492 e. The number of carbonyl (C=O) groups is 1. The summed E-state index contributed by atoms with van der Waals surface area (Å²) in [6.45, 7) is 4.81. The van der Waals surface area contributed by atoms with E-state index in [2.05, 4.69) is 4.98 Å². The van der Waals surface area contributed by atoms with E-state index in [1.165, 1.54) is 11.3 Å². The van der Waals surface area contributed by atoms with Crippen molar-refractivity contribution in [3.63, 3.8) is 0 Å². The Labute approximate surface area is 151 Å². The third-order valence-corrected chi connectivity index (χ3v) is 6.23. The van der Waals surface area contributed by atoms with Gasteiger partial charge in [0.15, 0.2) is 0 Å². The number of aryl methyl sites for hydroxylation is 1. The molecule has 0 unspecified atom stereocenters. The van der Waals surface area contributed by atoms with Gasteiger partial charge in [0, 0.05) is 12.8 Å². The van der Waals surface area contributed by atoms with Gasteiger partial charge in [-0.2, -0.15) is 0 Å². The molecule has 5 nitrogen and oxygen atoms in total. The number of amides is 1. The second-order valence-corrected chi connectivity index (χ2v) is 7.73. The number of carbonyl (C=O) groups excluding carboxylic acids is 1. The van der Waals surface area contributed by atoms with Crippen LogP contribution in [0.3, 0.4) is 0 Å². The van der Waals surface area contributed by atoms with Gasteiger partial charge in [-0.25, -0.2) is 0 Å². The van der Waals surface area contributed by atoms with E-state index in [0.29, 0.717) is 25.6 Å². The van der Waals surface area contributed by atoms with Crippen LogP contribution in [0.25, 0.3) is 0 Å². The van der Waals surface area contributed by atoms with Crippen molar-refractivity contribution in [3.05, 3.63) is 46.4 Å². The highest BCUT2D eigenvalue weighted by Crippen LogP contribution is 2.42. The first-order valence-corrected chi connectivity index (χ1v) is 9.56. The molecule has 1 spiro atoms. The highest BCUT2D eigenvalue weighted by Gasteiger charge is 2.54. The summed E-state index contributed by atoms with van der Waals surface area (Å²) in [5.41, 5.74) is 0.892. The lowest BCUT2D eigenvalue weighted by molar-refractivity contribution is -0.119. The van der Waals surface area contributed by atoms with Gasteiger partial charge < -0.3 is 14.4 Å². The van der Waals surface area contributed by atoms with Crippen LogP contribution in [0.2, 0.25) is 0 Å². The van der Waals surface area contributed by atoms with E-state index in [1.54, 1.807) is 12.4 Å². The Balaban J connectivity index is 1.32. The Kier molecular flexibility index (Phi) is 4.48. The van der Waals surface area contributed by atoms with Crippen LogP contribution in [0, 0.1) is 12.8 Å². The average Bonchev–Trinajstić information content (AvgIpc) is 3.20. The molecule has 2 saturated heterocycles. The fraction of sp³-hybridized carbons (Fsp3) is 0.474. The number of aromatic nitrogens is 1. The molecule has 2 aliphatic heterocycles. The summed E-state index contributed by atoms with van der Waals surface area (Å²) < 4.78 is 11.8. The summed E-state index contributed by atoms with van der Waals surface area (Å²) >= 11 is 1.52. The van der Waals surface area contributed by atoms with Gasteiger partial charge in [-0.05, 0) is 54.8 Å². The lowest BCUT2D eigenvalue weighted by Crippen LogP contribution is -2.66. The second kappa shape index (κ2) is 6.77. The highest BCUT2D eigenvalue weighted by molar-refractivity contribution is 7.12. The van der Waals surface area contributed by atoms with Crippen molar-refractivity contribution in [3.8, 4) is 5.75 Å². The largest absolute Gasteiger partial charge is 0.492 e. The van der Waals surface area contributed by atoms with Gasteiger partial charge in [0.05, 0.1) is 30.8 Å². The van der Waals surface area contributed by atoms with Crippen LogP contribution < -0.4 is 4.74 Å². The molecule has 0 radical (unpaired) electrons. The van der Waals surface area contributed by atoms with Crippen LogP contribution >= 0.6 is 11.3 Å². The average molecular weight is 358 g/mol. The zero-order valence-corrected chi connectivity index (χ0v) is 15.1. The number of hydrogen-bond acceptors (Lipinski definition) is 5. The second-order valence-electron chi connectivity index (χ2n) is 6.82. The van der Waals surface area contributed by atoms with Gasteiger partial charge in [-0.15, -0.1) is 11.3 Å². The molecule has 2 aromatic rings. The van der Waals surface area contributed by atoms with Crippen molar-refractivity contribution in [2.75, 3.05) is 26.3 Å². The molecule has 0 aliphatic carbocycles. The Morgan fingerprint density at radius 1 is 1.48 bits per heavy atom. The lowest BCUT2D eigenvalue weighted by Gasteiger charge is -2.50. The smallest absolute Gasteiger partial charge is 0.264 e. The fourth-order valence-corrected chi connectivity index (χ4v) is 4.66. The first kappa shape index (κ1) is 16.5. The molecular weight excluding hydrogens is 336 g/mol. The van der Waals surface area contributed by atoms with Crippen molar-refractivity contribution in [1.82, 2.24) is 9.88 Å². The molecule has 4 heterocycles. The zero-order valence-electron chi connectivity index (χ0n) is 14.3. The molecule has 2 aliphatic rings. The van der Waals surface area contributed by atoms with Crippen molar-refractivity contribution >= 4 is 17.2 Å². The molecule has 4 rings (SSSR count). The molecule has 0 bridgehead atoms. The van der Waals surface area contributed by atoms with Gasteiger partial charge in [0.25, 0.3) is 5.91 Å². The maximum atomic E-state index is 12.6. The van der Waals surface area contributed by atoms with Crippen LogP contribution in [-0.4, -0.2) is 47.7 Å². The predicted molar refractivity (Wildman–Crippen MR) is 96.1 cm³/mol. The molecule has 6 heteroatoms. The molecular formula is C19H22N2O3S. The normalized spacial score (nSPS) is 21.3. The van der Waals surface area contributed by atoms with Gasteiger partial charge in [-0.3, -0.25) is 9.78 Å². The first-order chi connectivity index (χ1) is 12.2. The highest BCUT2D eigenvalue weighted by atomic mass is 32.1. The number of nitrogens with zero attached hydrogens (tertiary/aromatic N) is 2. The van der Waals surface area contributed by atoms with Crippen LogP contribution in [-0.2, 0) is 4.74 Å². The Hall–Kier alpha value is -1.92. The van der Waals surface area contributed by atoms with Gasteiger partial charge in [0.1, 0.15) is 11.4 Å². The summed E-state index contributed by atoms with van der Waals surface area (Å²) in [5.74, 6) is 1.38. The number of hydrogen-bond donors (Lipinski definition) is 0. The monoisotopic (exact) mass is 358 g/mol. The number of ether oxygens (including phenoxy) is 2. The fourth-order valence-electron chi connectivity index (χ4n) is 3.77. The number of pyridine rings is 1. The number of rotatable bonds is 5. The van der Waals surface area contributed by atoms with Crippen molar-refractivity contribution in [1.29, 1.82) is 0 Å². The third-order valence-electron chi connectivity index (χ3n) is 5.23. The molecule has 2 aromatic heterocycles. The van der Waals surface area contributed by atoms with Crippen molar-refractivity contribution < 1.29 is 14.3 Å². The lowest BCUT2D eigenvalue weighted by atomic mass is 9.79. The summed E-state index contributed by atoms with van der Waals surface area (Å²) in [5, 5.41) is 1.97. The van der Waals surface area contributed by atoms with E-state index >= 15 is 0 Å². The minimum absolute atomic E-state index is 0.138. The molecule has 1 atom stereocenters. The van der Waals surface area contributed by atoms with E-state index in [1.807, 2.05) is 35.4 Å². The van der Waals surface area contributed by atoms with Crippen LogP contribution in [0.15, 0.2) is 36.0 Å². The van der Waals surface area contributed by atoms with Crippen LogP contribution in [0.1, 0.15) is 28.1 Å². The maximum absolute atomic E-state index is 12.6. The topological polar surface area (TPSA) is 51.7 Å². The summed E-state index contributed by atoms with van der Waals surface area (Å²) in [6.07, 6.45) is 5.45. The summed E-state index contributed by atoms with van der Waals surface area (Å²) in [4.78, 5) is 19.4. The van der Waals surface area contributed by atoms with Crippen molar-refractivity contribution in [2.24, 2.45) is 5.92 Å². The SMILES string of the molecule is Cc1ccsc1C(=O)N1CC2(C1)OCC[C@@H]2CCOc1cccnc1. The zero-order chi connectivity index (χ0) is 17.3. The Morgan fingerprint density at radius 2 is 2.36 bits per heavy atom. The van der Waals surface area contributed by atoms with Crippen LogP contribution in [0.4, 0.5) is 0 Å². The molecule has 0 N–H and O–H groups in total. The van der Waals surface area contributed by atoms with Gasteiger partial charge in [0.2, 0.25) is 0 Å². The third kappa shape index (κ3) is 3.16. The molecule has 0 saturated carbocycles. The molecule has 132 valence electrons. The Morgan fingerprint density at radius 3 is 3.08 bits per heavy atom. The number of likely N-dealkylation sites (tertiary alicyclic amines) is 1. The molecule has 0 aromatic carbocycles. The maximum Gasteiger partial charge on any atom is 0.264 e. The van der Waals surface area contributed by atoms with Gasteiger partial charge >= 0.3 is 0 Å². The van der Waals surface area contributed by atoms with Crippen LogP contribution in [0.5, 0.6) is 5.75 Å². The standard InChI is InChI=1S/C19H22N2O3S/c1-14-6-10-25-17(14)18(22)21-12-19(13-21)15(5-9-24-19)4-8-23-16-3-2-7-20-11-16/h2-3,6-7,10-11,15H,4-5,8-9,12-13H2,1H3/t15-/m0/s1. The molecule has 25 heavy (non-hydrogen) atoms. The minimum atomic E-state index is -0.168. The predicted octanol–water partition coefficient (Wildman–Crippen LogP) is 3.15. The van der Waals surface area contributed by atoms with E-state index in [-0.39, 0.29) is 11.5 Å². The molecule has 2 fully saturated rings. The summed E-state index contributed by atoms with van der Waals surface area (Å²) in [7, 11) is 0. The Bertz CT molecular complexity index is 740. The molecule has 1 amide bonds. The van der Waals surface area contributed by atoms with Gasteiger partial charge in [-0.1, -0.05) is 0 Å². The van der Waals surface area contributed by atoms with E-state index < -0.39 is 0 Å². The summed E-state index contributed by atoms with van der Waals surface area (Å²) in [6, 6.07) is 5.79. The quantitative estimate of drug-likeness (QED) is 0.824. The first-order valence-electron chi connectivity index (χ1n) is 8.68. The van der Waals surface area contributed by atoms with E-state index in [0.717, 1.165) is 35.6 Å². The number of thiophene rings is 1. The van der Waals surface area contributed by atoms with Crippen molar-refractivity contribution in [2.45, 2.75) is 25.4 Å². The van der Waals surface area contributed by atoms with E-state index in [9.17, 15) is 4.79 Å². The van der Waals surface area contributed by atoms with E-state index in [4.69, 9.17) is 9.47 Å².